The average Bonchev–Trinajstić information content (AvgIpc) is 3.14. The number of carbonyl (C=O) groups excluding carboxylic acids is 2. The third-order valence-corrected chi connectivity index (χ3v) is 5.95. The highest BCUT2D eigenvalue weighted by Crippen LogP contribution is 2.47. The van der Waals surface area contributed by atoms with Gasteiger partial charge in [-0.25, -0.2) is 4.79 Å². The molecule has 0 radical (unpaired) electrons. The van der Waals surface area contributed by atoms with Crippen molar-refractivity contribution < 1.29 is 24.1 Å². The molecule has 186 valence electrons. The SMILES string of the molecule is CCCOC(=O)CC/C(=N/OC(=O)CC(C)C)c1ccc2c(c1)C(CC)c1cc([N+](=O)[O-])ccc1-2. The van der Waals surface area contributed by atoms with E-state index in [-0.39, 0.29) is 47.7 Å². The van der Waals surface area contributed by atoms with Crippen molar-refractivity contribution in [1.29, 1.82) is 0 Å². The highest BCUT2D eigenvalue weighted by molar-refractivity contribution is 6.02. The van der Waals surface area contributed by atoms with Gasteiger partial charge < -0.3 is 9.57 Å². The summed E-state index contributed by atoms with van der Waals surface area (Å²) in [4.78, 5) is 40.3. The van der Waals surface area contributed by atoms with Crippen molar-refractivity contribution in [3.05, 3.63) is 63.2 Å². The minimum atomic E-state index is -0.432. The fraction of sp³-hybridized carbons (Fsp3) is 0.444. The third-order valence-electron chi connectivity index (χ3n) is 5.95. The van der Waals surface area contributed by atoms with Crippen molar-refractivity contribution in [2.45, 2.75) is 65.7 Å². The lowest BCUT2D eigenvalue weighted by atomic mass is 9.92. The smallest absolute Gasteiger partial charge is 0.335 e. The van der Waals surface area contributed by atoms with Gasteiger partial charge in [0.2, 0.25) is 0 Å². The molecule has 35 heavy (non-hydrogen) atoms. The topological polar surface area (TPSA) is 108 Å². The molecule has 0 heterocycles. The highest BCUT2D eigenvalue weighted by atomic mass is 16.7. The summed E-state index contributed by atoms with van der Waals surface area (Å²) in [7, 11) is 0. The number of esters is 1. The Morgan fingerprint density at radius 3 is 2.34 bits per heavy atom. The van der Waals surface area contributed by atoms with Crippen molar-refractivity contribution in [2.24, 2.45) is 11.1 Å². The zero-order chi connectivity index (χ0) is 25.5. The summed E-state index contributed by atoms with van der Waals surface area (Å²) < 4.78 is 5.18. The number of nitrogens with zero attached hydrogens (tertiary/aromatic N) is 2. The van der Waals surface area contributed by atoms with Gasteiger partial charge >= 0.3 is 11.9 Å². The molecule has 0 spiro atoms. The van der Waals surface area contributed by atoms with E-state index in [0.29, 0.717) is 12.3 Å². The van der Waals surface area contributed by atoms with Crippen LogP contribution in [0.4, 0.5) is 5.69 Å². The Labute approximate surface area is 205 Å². The quantitative estimate of drug-likeness (QED) is 0.126. The molecular weight excluding hydrogens is 448 g/mol. The van der Waals surface area contributed by atoms with Gasteiger partial charge in [0.15, 0.2) is 0 Å². The number of rotatable bonds is 11. The molecule has 0 saturated carbocycles. The standard InChI is InChI=1S/C27H32N2O6/c1-5-13-34-26(30)12-11-25(28-35-27(31)14-17(3)4)18-7-9-21-22-10-8-19(29(32)33)16-24(22)20(6-2)23(21)15-18/h7-10,15-17,20H,5-6,11-14H2,1-4H3/b28-25-. The van der Waals surface area contributed by atoms with Crippen molar-refractivity contribution in [2.75, 3.05) is 6.61 Å². The molecule has 3 rings (SSSR count). The second-order valence-corrected chi connectivity index (χ2v) is 9.11. The van der Waals surface area contributed by atoms with Crippen LogP contribution in [0.2, 0.25) is 0 Å². The van der Waals surface area contributed by atoms with E-state index in [2.05, 4.69) is 5.16 Å². The predicted octanol–water partition coefficient (Wildman–Crippen LogP) is 6.14. The van der Waals surface area contributed by atoms with Gasteiger partial charge in [0.1, 0.15) is 0 Å². The van der Waals surface area contributed by atoms with E-state index in [4.69, 9.17) is 9.57 Å². The van der Waals surface area contributed by atoms with E-state index in [1.165, 1.54) is 6.07 Å². The first-order chi connectivity index (χ1) is 16.7. The largest absolute Gasteiger partial charge is 0.466 e. The Bertz CT molecular complexity index is 1140. The number of nitro groups is 1. The lowest BCUT2D eigenvalue weighted by Crippen LogP contribution is -2.12. The number of carbonyl (C=O) groups is 2. The second-order valence-electron chi connectivity index (χ2n) is 9.11. The monoisotopic (exact) mass is 480 g/mol. The van der Waals surface area contributed by atoms with Gasteiger partial charge in [-0.05, 0) is 58.7 Å². The Hall–Kier alpha value is -3.55. The number of fused-ring (bicyclic) bond motifs is 3. The van der Waals surface area contributed by atoms with Gasteiger partial charge in [-0.3, -0.25) is 14.9 Å². The van der Waals surface area contributed by atoms with Gasteiger partial charge in [-0.2, -0.15) is 0 Å². The average molecular weight is 481 g/mol. The van der Waals surface area contributed by atoms with Crippen LogP contribution in [0.1, 0.15) is 82.4 Å². The minimum Gasteiger partial charge on any atom is -0.466 e. The van der Waals surface area contributed by atoms with E-state index in [1.807, 2.05) is 45.9 Å². The van der Waals surface area contributed by atoms with Crippen LogP contribution in [-0.2, 0) is 19.2 Å². The molecule has 0 aromatic heterocycles. The Morgan fingerprint density at radius 1 is 1.03 bits per heavy atom. The molecule has 2 aromatic rings. The van der Waals surface area contributed by atoms with Crippen LogP contribution in [0.25, 0.3) is 11.1 Å². The van der Waals surface area contributed by atoms with Gasteiger partial charge in [0, 0.05) is 24.5 Å². The van der Waals surface area contributed by atoms with Gasteiger partial charge in [0.05, 0.1) is 30.1 Å². The van der Waals surface area contributed by atoms with Crippen LogP contribution in [0.15, 0.2) is 41.6 Å². The van der Waals surface area contributed by atoms with Crippen molar-refractivity contribution >= 4 is 23.3 Å². The number of hydrogen-bond donors (Lipinski definition) is 0. The zero-order valence-electron chi connectivity index (χ0n) is 20.7. The highest BCUT2D eigenvalue weighted by Gasteiger charge is 2.30. The van der Waals surface area contributed by atoms with Crippen molar-refractivity contribution in [1.82, 2.24) is 0 Å². The first-order valence-electron chi connectivity index (χ1n) is 12.1. The van der Waals surface area contributed by atoms with Crippen molar-refractivity contribution in [3.8, 4) is 11.1 Å². The summed E-state index contributed by atoms with van der Waals surface area (Å²) in [5.74, 6) is -0.629. The number of nitro benzene ring substituents is 1. The molecule has 0 N–H and O–H groups in total. The van der Waals surface area contributed by atoms with Crippen LogP contribution < -0.4 is 0 Å². The number of benzene rings is 2. The molecular formula is C27H32N2O6. The van der Waals surface area contributed by atoms with Gasteiger partial charge in [0.25, 0.3) is 5.69 Å². The van der Waals surface area contributed by atoms with Crippen LogP contribution in [0.5, 0.6) is 0 Å². The number of oxime groups is 1. The summed E-state index contributed by atoms with van der Waals surface area (Å²) >= 11 is 0. The molecule has 1 aliphatic carbocycles. The number of hydrogen-bond acceptors (Lipinski definition) is 7. The van der Waals surface area contributed by atoms with Crippen LogP contribution >= 0.6 is 0 Å². The maximum atomic E-state index is 12.1. The molecule has 0 amide bonds. The summed E-state index contributed by atoms with van der Waals surface area (Å²) in [5.41, 5.74) is 5.26. The van der Waals surface area contributed by atoms with Gasteiger partial charge in [-0.15, -0.1) is 0 Å². The van der Waals surface area contributed by atoms with Crippen LogP contribution in [0.3, 0.4) is 0 Å². The molecule has 1 atom stereocenters. The molecule has 0 aliphatic heterocycles. The zero-order valence-corrected chi connectivity index (χ0v) is 20.7. The van der Waals surface area contributed by atoms with E-state index < -0.39 is 5.97 Å². The lowest BCUT2D eigenvalue weighted by molar-refractivity contribution is -0.384. The van der Waals surface area contributed by atoms with Gasteiger partial charge in [-0.1, -0.05) is 45.0 Å². The Morgan fingerprint density at radius 2 is 1.71 bits per heavy atom. The normalized spacial score (nSPS) is 14.4. The number of ether oxygens (including phenoxy) is 1. The molecule has 8 nitrogen and oxygen atoms in total. The molecule has 2 aromatic carbocycles. The summed E-state index contributed by atoms with van der Waals surface area (Å²) in [6, 6.07) is 10.8. The van der Waals surface area contributed by atoms with Crippen LogP contribution in [0, 0.1) is 16.0 Å². The summed E-state index contributed by atoms with van der Waals surface area (Å²) in [6.45, 7) is 8.17. The van der Waals surface area contributed by atoms with E-state index >= 15 is 0 Å². The Kier molecular flexibility index (Phi) is 8.73. The molecule has 1 aliphatic rings. The first-order valence-corrected chi connectivity index (χ1v) is 12.1. The fourth-order valence-corrected chi connectivity index (χ4v) is 4.31. The first kappa shape index (κ1) is 26.1. The maximum Gasteiger partial charge on any atom is 0.335 e. The minimum absolute atomic E-state index is 0.000823. The predicted molar refractivity (Wildman–Crippen MR) is 133 cm³/mol. The number of non-ortho nitro benzene ring substituents is 1. The summed E-state index contributed by atoms with van der Waals surface area (Å²) in [6.07, 6.45) is 2.11. The fourth-order valence-electron chi connectivity index (χ4n) is 4.31. The second kappa shape index (κ2) is 11.7. The van der Waals surface area contributed by atoms with E-state index in [1.54, 1.807) is 12.1 Å². The molecule has 0 bridgehead atoms. The Balaban J connectivity index is 1.93. The molecule has 0 fully saturated rings. The van der Waals surface area contributed by atoms with Crippen molar-refractivity contribution in [3.63, 3.8) is 0 Å². The van der Waals surface area contributed by atoms with E-state index in [9.17, 15) is 19.7 Å². The van der Waals surface area contributed by atoms with E-state index in [0.717, 1.165) is 40.7 Å². The summed E-state index contributed by atoms with van der Waals surface area (Å²) in [5, 5.41) is 15.4. The lowest BCUT2D eigenvalue weighted by Gasteiger charge is -2.13. The maximum absolute atomic E-state index is 12.1. The molecule has 1 unspecified atom stereocenters. The molecule has 8 heteroatoms. The van der Waals surface area contributed by atoms with Crippen LogP contribution in [-0.4, -0.2) is 29.2 Å². The third kappa shape index (κ3) is 6.32. The molecule has 0 saturated heterocycles.